The first-order chi connectivity index (χ1) is 15.1. The minimum atomic E-state index is -5.66. The summed E-state index contributed by atoms with van der Waals surface area (Å²) in [5.41, 5.74) is -6.25. The molecule has 0 aromatic heterocycles. The van der Waals surface area contributed by atoms with Gasteiger partial charge in [-0.15, -0.1) is 0 Å². The molecule has 0 atom stereocenters. The Bertz CT molecular complexity index is 1520. The molecule has 3 rings (SSSR count). The van der Waals surface area contributed by atoms with Crippen LogP contribution in [0.1, 0.15) is 15.9 Å². The predicted molar refractivity (Wildman–Crippen MR) is 116 cm³/mol. The van der Waals surface area contributed by atoms with Crippen LogP contribution in [0.2, 0.25) is 5.02 Å². The van der Waals surface area contributed by atoms with E-state index in [-0.39, 0.29) is 26.9 Å². The highest BCUT2D eigenvalue weighted by Gasteiger charge is 2.47. The molecule has 0 heterocycles. The maximum Gasteiger partial charge on any atom is 0.501 e. The topological polar surface area (TPSA) is 118 Å². The molecule has 0 aliphatic carbocycles. The molecule has 1 amide bonds. The van der Waals surface area contributed by atoms with Gasteiger partial charge < -0.3 is 10.4 Å². The molecule has 0 saturated carbocycles. The lowest BCUT2D eigenvalue weighted by Crippen LogP contribution is -2.23. The largest absolute Gasteiger partial charge is 0.506 e. The number of nitrogens with one attached hydrogen (secondary N) is 1. The highest BCUT2D eigenvalue weighted by atomic mass is 35.5. The van der Waals surface area contributed by atoms with Crippen molar-refractivity contribution in [2.75, 3.05) is 11.6 Å². The van der Waals surface area contributed by atoms with Gasteiger partial charge in [-0.1, -0.05) is 35.9 Å². The van der Waals surface area contributed by atoms with E-state index in [1.54, 1.807) is 6.07 Å². The van der Waals surface area contributed by atoms with E-state index in [0.29, 0.717) is 12.1 Å². The van der Waals surface area contributed by atoms with Crippen molar-refractivity contribution >= 4 is 53.6 Å². The van der Waals surface area contributed by atoms with Gasteiger partial charge in [0.25, 0.3) is 15.7 Å². The number of fused-ring (bicyclic) bond motifs is 1. The summed E-state index contributed by atoms with van der Waals surface area (Å²) in [5, 5.41) is 12.7. The van der Waals surface area contributed by atoms with E-state index in [0.717, 1.165) is 12.3 Å². The van der Waals surface area contributed by atoms with E-state index in [1.165, 1.54) is 25.1 Å². The Morgan fingerprint density at radius 2 is 1.61 bits per heavy atom. The summed E-state index contributed by atoms with van der Waals surface area (Å²) in [7, 11) is -9.50. The monoisotopic (exact) mass is 521 g/mol. The third-order valence-electron chi connectivity index (χ3n) is 4.78. The third kappa shape index (κ3) is 4.37. The average Bonchev–Trinajstić information content (AvgIpc) is 2.67. The van der Waals surface area contributed by atoms with E-state index in [9.17, 15) is 39.9 Å². The summed E-state index contributed by atoms with van der Waals surface area (Å²) in [6, 6.07) is 7.96. The summed E-state index contributed by atoms with van der Waals surface area (Å²) in [6.45, 7) is 1.32. The lowest BCUT2D eigenvalue weighted by atomic mass is 9.99. The maximum absolute atomic E-state index is 12.9. The molecule has 0 unspecified atom stereocenters. The van der Waals surface area contributed by atoms with E-state index in [2.05, 4.69) is 5.32 Å². The molecule has 3 aromatic carbocycles. The molecule has 0 saturated heterocycles. The van der Waals surface area contributed by atoms with Gasteiger partial charge >= 0.3 is 5.51 Å². The van der Waals surface area contributed by atoms with Gasteiger partial charge in [0.2, 0.25) is 0 Å². The van der Waals surface area contributed by atoms with Crippen LogP contribution >= 0.6 is 11.6 Å². The quantitative estimate of drug-likeness (QED) is 0.523. The van der Waals surface area contributed by atoms with Gasteiger partial charge in [-0.3, -0.25) is 4.79 Å². The number of amides is 1. The van der Waals surface area contributed by atoms with Crippen LogP contribution in [0.25, 0.3) is 10.8 Å². The van der Waals surface area contributed by atoms with Crippen molar-refractivity contribution in [3.8, 4) is 5.75 Å². The molecule has 176 valence electrons. The summed E-state index contributed by atoms with van der Waals surface area (Å²) < 4.78 is 86.1. The Morgan fingerprint density at radius 1 is 1.03 bits per heavy atom. The number of aromatic hydroxyl groups is 1. The first kappa shape index (κ1) is 24.8. The third-order valence-corrected chi connectivity index (χ3v) is 7.85. The molecule has 0 spiro atoms. The minimum absolute atomic E-state index is 0.0569. The Hall–Kier alpha value is -2.83. The first-order valence-corrected chi connectivity index (χ1v) is 12.7. The van der Waals surface area contributed by atoms with Crippen molar-refractivity contribution in [2.45, 2.75) is 22.2 Å². The van der Waals surface area contributed by atoms with E-state index in [1.807, 2.05) is 0 Å². The smallest absolute Gasteiger partial charge is 0.501 e. The summed E-state index contributed by atoms with van der Waals surface area (Å²) >= 11 is 5.89. The van der Waals surface area contributed by atoms with Gasteiger partial charge in [0.1, 0.15) is 5.75 Å². The number of hydrogen-bond donors (Lipinski definition) is 2. The average molecular weight is 522 g/mol. The van der Waals surface area contributed by atoms with Crippen molar-refractivity contribution < 1.29 is 39.9 Å². The highest BCUT2D eigenvalue weighted by Crippen LogP contribution is 2.39. The molecule has 13 heteroatoms. The Kier molecular flexibility index (Phi) is 6.15. The molecule has 33 heavy (non-hydrogen) atoms. The number of anilines is 1. The van der Waals surface area contributed by atoms with Crippen LogP contribution in [0.5, 0.6) is 5.75 Å². The molecule has 7 nitrogen and oxygen atoms in total. The van der Waals surface area contributed by atoms with Crippen molar-refractivity contribution in [1.82, 2.24) is 0 Å². The van der Waals surface area contributed by atoms with Gasteiger partial charge in [0.05, 0.1) is 26.1 Å². The Balaban J connectivity index is 2.12. The van der Waals surface area contributed by atoms with Crippen LogP contribution in [-0.2, 0) is 19.7 Å². The molecule has 0 aliphatic heterocycles. The zero-order valence-electron chi connectivity index (χ0n) is 16.9. The van der Waals surface area contributed by atoms with E-state index < -0.39 is 52.3 Å². The lowest BCUT2D eigenvalue weighted by molar-refractivity contribution is -0.0436. The van der Waals surface area contributed by atoms with Crippen molar-refractivity contribution in [1.29, 1.82) is 0 Å². The number of hydrogen-bond acceptors (Lipinski definition) is 6. The number of sulfone groups is 2. The number of carbonyl (C=O) groups is 1. The number of phenols is 1. The zero-order valence-corrected chi connectivity index (χ0v) is 19.2. The highest BCUT2D eigenvalue weighted by molar-refractivity contribution is 7.92. The van der Waals surface area contributed by atoms with Gasteiger partial charge in [0.15, 0.2) is 9.84 Å². The van der Waals surface area contributed by atoms with Gasteiger partial charge in [-0.25, -0.2) is 16.8 Å². The van der Waals surface area contributed by atoms with Gasteiger partial charge in [0, 0.05) is 17.0 Å². The molecule has 0 aliphatic rings. The van der Waals surface area contributed by atoms with Crippen molar-refractivity contribution in [3.05, 3.63) is 58.6 Å². The van der Waals surface area contributed by atoms with Crippen LogP contribution < -0.4 is 5.32 Å². The summed E-state index contributed by atoms with van der Waals surface area (Å²) in [4.78, 5) is 11.6. The van der Waals surface area contributed by atoms with Crippen LogP contribution in [0.15, 0.2) is 52.3 Å². The SMILES string of the molecule is Cc1c(C(=O)Nc2ccc(S(=O)(=O)C(F)(F)F)cc2Cl)c(O)c2ccccc2c1S(C)(=O)=O. The second kappa shape index (κ2) is 8.19. The molecular weight excluding hydrogens is 507 g/mol. The molecule has 0 bridgehead atoms. The Morgan fingerprint density at radius 3 is 2.12 bits per heavy atom. The van der Waals surface area contributed by atoms with Crippen molar-refractivity contribution in [3.63, 3.8) is 0 Å². The first-order valence-electron chi connectivity index (χ1n) is 8.94. The number of benzene rings is 3. The molecule has 2 N–H and O–H groups in total. The van der Waals surface area contributed by atoms with Crippen molar-refractivity contribution in [2.24, 2.45) is 0 Å². The number of phenolic OH excluding ortho intramolecular Hbond substituents is 1. The van der Waals surface area contributed by atoms with E-state index >= 15 is 0 Å². The summed E-state index contributed by atoms with van der Waals surface area (Å²) in [5.74, 6) is -1.52. The normalized spacial score (nSPS) is 12.7. The lowest BCUT2D eigenvalue weighted by Gasteiger charge is -2.17. The number of rotatable bonds is 4. The second-order valence-corrected chi connectivity index (χ2v) is 11.3. The van der Waals surface area contributed by atoms with E-state index in [4.69, 9.17) is 11.6 Å². The zero-order chi connectivity index (χ0) is 24.9. The van der Waals surface area contributed by atoms with Crippen LogP contribution in [-0.4, -0.2) is 39.6 Å². The van der Waals surface area contributed by atoms with Gasteiger partial charge in [-0.2, -0.15) is 13.2 Å². The fourth-order valence-corrected chi connectivity index (χ4v) is 5.67. The standard InChI is InChI=1S/C20H15ClF3NO6S2/c1-10-16(17(26)12-5-3-4-6-13(12)18(10)32(2,28)29)19(27)25-15-8-7-11(9-14(15)21)33(30,31)20(22,23)24/h3-9,26H,1-2H3,(H,25,27). The molecule has 0 radical (unpaired) electrons. The molecular formula is C20H15ClF3NO6S2. The number of alkyl halides is 3. The van der Waals surface area contributed by atoms with Crippen LogP contribution in [0.3, 0.4) is 0 Å². The second-order valence-electron chi connectivity index (χ2n) is 7.04. The minimum Gasteiger partial charge on any atom is -0.506 e. The fourth-order valence-electron chi connectivity index (χ4n) is 3.35. The maximum atomic E-state index is 12.9. The van der Waals surface area contributed by atoms with Gasteiger partial charge in [-0.05, 0) is 30.7 Å². The summed E-state index contributed by atoms with van der Waals surface area (Å²) in [6.07, 6.45) is 0.942. The Labute approximate surface area is 191 Å². The molecule has 0 fully saturated rings. The number of halogens is 4. The predicted octanol–water partition coefficient (Wildman–Crippen LogP) is 4.46. The molecule has 3 aromatic rings. The van der Waals surface area contributed by atoms with Crippen LogP contribution in [0.4, 0.5) is 18.9 Å². The fraction of sp³-hybridized carbons (Fsp3) is 0.150. The number of carbonyl (C=O) groups excluding carboxylic acids is 1. The van der Waals surface area contributed by atoms with Crippen LogP contribution in [0, 0.1) is 6.92 Å².